The van der Waals surface area contributed by atoms with Crippen LogP contribution in [-0.4, -0.2) is 28.8 Å². The minimum absolute atomic E-state index is 0.586. The van der Waals surface area contributed by atoms with Crippen LogP contribution in [0.3, 0.4) is 0 Å². The predicted molar refractivity (Wildman–Crippen MR) is 53.5 cm³/mol. The molecule has 1 aromatic heterocycles. The number of halogens is 1. The lowest BCUT2D eigenvalue weighted by Crippen LogP contribution is -2.60. The fourth-order valence-electron chi connectivity index (χ4n) is 1.40. The minimum Gasteiger partial charge on any atom is -0.387 e. The summed E-state index contributed by atoms with van der Waals surface area (Å²) in [6.45, 7) is 1.33. The molecule has 1 aromatic rings. The average Bonchev–Trinajstić information content (AvgIpc) is 2.06. The molecular weight excluding hydrogens is 232 g/mol. The number of nitrogens with zero attached hydrogens (tertiary/aromatic N) is 1. The Morgan fingerprint density at radius 2 is 2.38 bits per heavy atom. The van der Waals surface area contributed by atoms with Crippen molar-refractivity contribution >= 4 is 15.9 Å². The molecule has 2 heterocycles. The Labute approximate surface area is 85.3 Å². The largest absolute Gasteiger partial charge is 0.387 e. The second-order valence-corrected chi connectivity index (χ2v) is 4.29. The standard InChI is InChI=1S/C9H11BrN2O/c10-7-2-1-3-12-8(7)4-9(13)5-11-6-9/h1-3,11,13H,4-6H2. The highest BCUT2D eigenvalue weighted by Gasteiger charge is 2.35. The van der Waals surface area contributed by atoms with E-state index in [0.29, 0.717) is 19.5 Å². The molecule has 0 aliphatic carbocycles. The third-order valence-electron chi connectivity index (χ3n) is 2.24. The van der Waals surface area contributed by atoms with Crippen molar-refractivity contribution in [3.05, 3.63) is 28.5 Å². The zero-order valence-corrected chi connectivity index (χ0v) is 8.71. The second-order valence-electron chi connectivity index (χ2n) is 3.44. The van der Waals surface area contributed by atoms with Gasteiger partial charge in [0.2, 0.25) is 0 Å². The van der Waals surface area contributed by atoms with E-state index in [-0.39, 0.29) is 0 Å². The van der Waals surface area contributed by atoms with E-state index in [9.17, 15) is 5.11 Å². The van der Waals surface area contributed by atoms with Crippen molar-refractivity contribution < 1.29 is 5.11 Å². The molecule has 0 unspecified atom stereocenters. The molecule has 13 heavy (non-hydrogen) atoms. The van der Waals surface area contributed by atoms with Crippen LogP contribution in [-0.2, 0) is 6.42 Å². The Morgan fingerprint density at radius 3 is 2.92 bits per heavy atom. The summed E-state index contributed by atoms with van der Waals surface area (Å²) in [5, 5.41) is 12.9. The Bertz CT molecular complexity index is 312. The number of nitrogens with one attached hydrogen (secondary N) is 1. The van der Waals surface area contributed by atoms with E-state index < -0.39 is 5.60 Å². The van der Waals surface area contributed by atoms with Gasteiger partial charge in [0.15, 0.2) is 0 Å². The molecule has 0 atom stereocenters. The number of β-amino-alcohol motifs (C(OH)–C–C–N with tert-alkyl or cyclic N) is 1. The molecular formula is C9H11BrN2O. The Morgan fingerprint density at radius 1 is 1.62 bits per heavy atom. The van der Waals surface area contributed by atoms with Gasteiger partial charge in [0.25, 0.3) is 0 Å². The third-order valence-corrected chi connectivity index (χ3v) is 2.96. The lowest BCUT2D eigenvalue weighted by atomic mass is 9.91. The summed E-state index contributed by atoms with van der Waals surface area (Å²) in [4.78, 5) is 4.21. The average molecular weight is 243 g/mol. The maximum atomic E-state index is 9.86. The molecule has 1 fully saturated rings. The van der Waals surface area contributed by atoms with E-state index >= 15 is 0 Å². The highest BCUT2D eigenvalue weighted by molar-refractivity contribution is 9.10. The van der Waals surface area contributed by atoms with Crippen LogP contribution in [0.15, 0.2) is 22.8 Å². The molecule has 1 aliphatic rings. The van der Waals surface area contributed by atoms with Gasteiger partial charge in [-0.2, -0.15) is 0 Å². The SMILES string of the molecule is OC1(Cc2ncccc2Br)CNC1. The molecule has 4 heteroatoms. The van der Waals surface area contributed by atoms with E-state index in [0.717, 1.165) is 10.2 Å². The number of hydrogen-bond donors (Lipinski definition) is 2. The van der Waals surface area contributed by atoms with Crippen molar-refractivity contribution in [2.75, 3.05) is 13.1 Å². The summed E-state index contributed by atoms with van der Waals surface area (Å²) in [5.41, 5.74) is 0.336. The molecule has 3 nitrogen and oxygen atoms in total. The van der Waals surface area contributed by atoms with Gasteiger partial charge in [-0.25, -0.2) is 0 Å². The van der Waals surface area contributed by atoms with E-state index in [4.69, 9.17) is 0 Å². The maximum absolute atomic E-state index is 9.86. The molecule has 0 bridgehead atoms. The highest BCUT2D eigenvalue weighted by atomic mass is 79.9. The number of pyridine rings is 1. The lowest BCUT2D eigenvalue weighted by molar-refractivity contribution is -0.00995. The van der Waals surface area contributed by atoms with Gasteiger partial charge in [0.05, 0.1) is 11.3 Å². The zero-order valence-electron chi connectivity index (χ0n) is 7.13. The molecule has 0 amide bonds. The smallest absolute Gasteiger partial charge is 0.0950 e. The fourth-order valence-corrected chi connectivity index (χ4v) is 1.79. The van der Waals surface area contributed by atoms with E-state index in [1.54, 1.807) is 6.20 Å². The molecule has 0 saturated carbocycles. The number of aliphatic hydroxyl groups is 1. The third kappa shape index (κ3) is 1.90. The zero-order chi connectivity index (χ0) is 9.31. The lowest BCUT2D eigenvalue weighted by Gasteiger charge is -2.37. The van der Waals surface area contributed by atoms with Crippen molar-refractivity contribution in [3.63, 3.8) is 0 Å². The first kappa shape index (κ1) is 9.12. The van der Waals surface area contributed by atoms with Crippen molar-refractivity contribution in [2.24, 2.45) is 0 Å². The summed E-state index contributed by atoms with van der Waals surface area (Å²) in [6, 6.07) is 3.81. The molecule has 2 rings (SSSR count). The van der Waals surface area contributed by atoms with E-state index in [1.165, 1.54) is 0 Å². The van der Waals surface area contributed by atoms with Gasteiger partial charge in [-0.15, -0.1) is 0 Å². The molecule has 70 valence electrons. The van der Waals surface area contributed by atoms with Gasteiger partial charge in [0, 0.05) is 30.2 Å². The van der Waals surface area contributed by atoms with Crippen LogP contribution in [0, 0.1) is 0 Å². The number of rotatable bonds is 2. The molecule has 0 spiro atoms. The monoisotopic (exact) mass is 242 g/mol. The van der Waals surface area contributed by atoms with Gasteiger partial charge in [-0.1, -0.05) is 0 Å². The van der Waals surface area contributed by atoms with Crippen LogP contribution < -0.4 is 5.32 Å². The van der Waals surface area contributed by atoms with Gasteiger partial charge in [-0.05, 0) is 28.1 Å². The van der Waals surface area contributed by atoms with E-state index in [1.807, 2.05) is 12.1 Å². The predicted octanol–water partition coefficient (Wildman–Crippen LogP) is 0.721. The first-order valence-corrected chi connectivity index (χ1v) is 5.01. The topological polar surface area (TPSA) is 45.2 Å². The minimum atomic E-state index is -0.586. The summed E-state index contributed by atoms with van der Waals surface area (Å²) in [5.74, 6) is 0. The van der Waals surface area contributed by atoms with Crippen LogP contribution in [0.2, 0.25) is 0 Å². The fraction of sp³-hybridized carbons (Fsp3) is 0.444. The van der Waals surface area contributed by atoms with Crippen molar-refractivity contribution in [3.8, 4) is 0 Å². The Kier molecular flexibility index (Phi) is 2.36. The van der Waals surface area contributed by atoms with Crippen molar-refractivity contribution in [1.29, 1.82) is 0 Å². The molecule has 0 radical (unpaired) electrons. The molecule has 1 saturated heterocycles. The maximum Gasteiger partial charge on any atom is 0.0950 e. The summed E-state index contributed by atoms with van der Waals surface area (Å²) in [7, 11) is 0. The van der Waals surface area contributed by atoms with Gasteiger partial charge < -0.3 is 10.4 Å². The van der Waals surface area contributed by atoms with Crippen LogP contribution in [0.25, 0.3) is 0 Å². The van der Waals surface area contributed by atoms with Gasteiger partial charge >= 0.3 is 0 Å². The van der Waals surface area contributed by atoms with Gasteiger partial charge in [-0.3, -0.25) is 4.98 Å². The Balaban J connectivity index is 2.13. The summed E-state index contributed by atoms with van der Waals surface area (Å²) in [6.07, 6.45) is 2.36. The summed E-state index contributed by atoms with van der Waals surface area (Å²) >= 11 is 3.41. The number of hydrogen-bond acceptors (Lipinski definition) is 3. The van der Waals surface area contributed by atoms with Gasteiger partial charge in [0.1, 0.15) is 0 Å². The van der Waals surface area contributed by atoms with E-state index in [2.05, 4.69) is 26.2 Å². The van der Waals surface area contributed by atoms with Crippen LogP contribution in [0.5, 0.6) is 0 Å². The highest BCUT2D eigenvalue weighted by Crippen LogP contribution is 2.21. The van der Waals surface area contributed by atoms with Crippen LogP contribution >= 0.6 is 15.9 Å². The van der Waals surface area contributed by atoms with Crippen molar-refractivity contribution in [2.45, 2.75) is 12.0 Å². The van der Waals surface area contributed by atoms with Crippen molar-refractivity contribution in [1.82, 2.24) is 10.3 Å². The first-order chi connectivity index (χ1) is 6.20. The van der Waals surface area contributed by atoms with Crippen LogP contribution in [0.1, 0.15) is 5.69 Å². The Hall–Kier alpha value is -0.450. The molecule has 0 aromatic carbocycles. The molecule has 2 N–H and O–H groups in total. The number of aromatic nitrogens is 1. The summed E-state index contributed by atoms with van der Waals surface area (Å²) < 4.78 is 0.968. The molecule has 1 aliphatic heterocycles. The quantitative estimate of drug-likeness (QED) is 0.804. The second kappa shape index (κ2) is 3.36. The first-order valence-electron chi connectivity index (χ1n) is 4.22. The normalized spacial score (nSPS) is 19.5. The van der Waals surface area contributed by atoms with Crippen LogP contribution in [0.4, 0.5) is 0 Å².